The number of hydrogen-bond acceptors (Lipinski definition) is 5. The first kappa shape index (κ1) is 24.3. The second-order valence-corrected chi connectivity index (χ2v) is 12.1. The van der Waals surface area contributed by atoms with E-state index in [0.717, 1.165) is 25.5 Å². The summed E-state index contributed by atoms with van der Waals surface area (Å²) in [5.41, 5.74) is 0. The van der Waals surface area contributed by atoms with Gasteiger partial charge in [-0.3, -0.25) is 0 Å². The van der Waals surface area contributed by atoms with Crippen molar-refractivity contribution in [1.82, 2.24) is 0 Å². The molecule has 0 aliphatic carbocycles. The molecule has 2 rings (SSSR count). The highest BCUT2D eigenvalue weighted by Crippen LogP contribution is 2.33. The van der Waals surface area contributed by atoms with Crippen LogP contribution in [0.15, 0.2) is 70.5 Å². The van der Waals surface area contributed by atoms with E-state index in [-0.39, 0.29) is 22.1 Å². The Morgan fingerprint density at radius 2 is 1.27 bits per heavy atom. The van der Waals surface area contributed by atoms with Gasteiger partial charge in [-0.25, -0.2) is 16.8 Å². The van der Waals surface area contributed by atoms with Gasteiger partial charge in [-0.2, -0.15) is 0 Å². The van der Waals surface area contributed by atoms with Crippen molar-refractivity contribution in [3.8, 4) is 0 Å². The predicted octanol–water partition coefficient (Wildman–Crippen LogP) is 4.68. The summed E-state index contributed by atoms with van der Waals surface area (Å²) < 4.78 is 52.0. The van der Waals surface area contributed by atoms with E-state index in [4.69, 9.17) is 0 Å². The fourth-order valence-corrected chi connectivity index (χ4v) is 8.34. The van der Waals surface area contributed by atoms with Crippen LogP contribution in [0.25, 0.3) is 0 Å². The zero-order valence-electron chi connectivity index (χ0n) is 17.5. The predicted molar refractivity (Wildman–Crippen MR) is 119 cm³/mol. The van der Waals surface area contributed by atoms with E-state index in [2.05, 4.69) is 0 Å². The Balaban J connectivity index is 2.55. The summed E-state index contributed by atoms with van der Waals surface area (Å²) >= 11 is 0. The monoisotopic (exact) mass is 450 g/mol. The number of rotatable bonds is 12. The van der Waals surface area contributed by atoms with Crippen LogP contribution in [-0.2, 0) is 24.5 Å². The molecule has 5 nitrogen and oxygen atoms in total. The normalized spacial score (nSPS) is 14.4. The number of benzene rings is 2. The highest BCUT2D eigenvalue weighted by Gasteiger charge is 2.42. The Morgan fingerprint density at radius 3 is 1.63 bits per heavy atom. The number of sulfone groups is 2. The summed E-state index contributed by atoms with van der Waals surface area (Å²) in [5, 5.41) is 0. The molecule has 2 aromatic rings. The molecule has 0 saturated carbocycles. The smallest absolute Gasteiger partial charge is 0.195 e. The van der Waals surface area contributed by atoms with Gasteiger partial charge in [0.15, 0.2) is 24.3 Å². The Labute approximate surface area is 180 Å². The van der Waals surface area contributed by atoms with Gasteiger partial charge in [0.1, 0.15) is 6.29 Å². The molecule has 0 radical (unpaired) electrons. The van der Waals surface area contributed by atoms with Gasteiger partial charge in [0.2, 0.25) is 0 Å². The van der Waals surface area contributed by atoms with Crippen molar-refractivity contribution in [2.75, 3.05) is 0 Å². The van der Waals surface area contributed by atoms with Crippen LogP contribution in [0.3, 0.4) is 0 Å². The minimum absolute atomic E-state index is 0.0538. The van der Waals surface area contributed by atoms with Crippen molar-refractivity contribution in [2.24, 2.45) is 11.8 Å². The van der Waals surface area contributed by atoms with E-state index >= 15 is 0 Å². The molecular formula is C23H30O5S2. The number of hydrogen-bond donors (Lipinski definition) is 0. The van der Waals surface area contributed by atoms with Gasteiger partial charge in [0, 0.05) is 5.92 Å². The van der Waals surface area contributed by atoms with E-state index in [1.54, 1.807) is 36.4 Å². The first-order valence-corrected chi connectivity index (χ1v) is 13.4. The molecule has 0 N–H and O–H groups in total. The average molecular weight is 451 g/mol. The lowest BCUT2D eigenvalue weighted by Gasteiger charge is -2.26. The molecule has 0 fully saturated rings. The highest BCUT2D eigenvalue weighted by atomic mass is 32.3. The quantitative estimate of drug-likeness (QED) is 0.438. The molecule has 0 aromatic heterocycles. The van der Waals surface area contributed by atoms with Gasteiger partial charge in [-0.05, 0) is 43.0 Å². The van der Waals surface area contributed by atoms with E-state index in [9.17, 15) is 21.6 Å². The fourth-order valence-electron chi connectivity index (χ4n) is 3.71. The van der Waals surface area contributed by atoms with Crippen molar-refractivity contribution in [2.45, 2.75) is 60.3 Å². The van der Waals surface area contributed by atoms with Crippen LogP contribution in [0.4, 0.5) is 0 Å². The molecule has 0 spiro atoms. The van der Waals surface area contributed by atoms with Gasteiger partial charge < -0.3 is 4.79 Å². The Hall–Kier alpha value is -1.99. The Kier molecular flexibility index (Phi) is 8.79. The van der Waals surface area contributed by atoms with Gasteiger partial charge in [0.25, 0.3) is 0 Å². The fraction of sp³-hybridized carbons (Fsp3) is 0.435. The molecule has 0 bridgehead atoms. The van der Waals surface area contributed by atoms with E-state index in [1.807, 2.05) is 13.8 Å². The van der Waals surface area contributed by atoms with Gasteiger partial charge >= 0.3 is 0 Å². The zero-order valence-corrected chi connectivity index (χ0v) is 19.1. The minimum Gasteiger partial charge on any atom is -0.303 e. The standard InChI is InChI=1S/C23H30O5S2/c1-3-5-12-19(4-2)20(18-24)17-23(29(25,26)21-13-8-6-9-14-21)30(27,28)22-15-10-7-11-16-22/h6-11,13-16,18-20,23H,3-5,12,17H2,1-2H3/t19-,20+/m1/s1. The molecular weight excluding hydrogens is 420 g/mol. The second kappa shape index (κ2) is 10.9. The highest BCUT2D eigenvalue weighted by molar-refractivity contribution is 8.09. The molecule has 0 heterocycles. The van der Waals surface area contributed by atoms with Crippen molar-refractivity contribution in [3.05, 3.63) is 60.7 Å². The van der Waals surface area contributed by atoms with Crippen LogP contribution in [0.2, 0.25) is 0 Å². The van der Waals surface area contributed by atoms with Crippen molar-refractivity contribution in [3.63, 3.8) is 0 Å². The van der Waals surface area contributed by atoms with Crippen LogP contribution < -0.4 is 0 Å². The van der Waals surface area contributed by atoms with Gasteiger partial charge in [0.05, 0.1) is 9.79 Å². The summed E-state index contributed by atoms with van der Waals surface area (Å²) in [7, 11) is -8.44. The molecule has 0 aliphatic rings. The lowest BCUT2D eigenvalue weighted by molar-refractivity contribution is -0.112. The molecule has 7 heteroatoms. The number of aldehydes is 1. The molecule has 2 aromatic carbocycles. The van der Waals surface area contributed by atoms with E-state index in [1.165, 1.54) is 24.3 Å². The third-order valence-corrected chi connectivity index (χ3v) is 10.7. The molecule has 0 amide bonds. The molecule has 164 valence electrons. The van der Waals surface area contributed by atoms with Crippen LogP contribution in [0.5, 0.6) is 0 Å². The first-order chi connectivity index (χ1) is 14.3. The third-order valence-electron chi connectivity index (χ3n) is 5.53. The molecule has 0 saturated heterocycles. The second-order valence-electron chi connectivity index (χ2n) is 7.49. The Bertz CT molecular complexity index is 931. The van der Waals surface area contributed by atoms with Crippen molar-refractivity contribution in [1.29, 1.82) is 0 Å². The number of carbonyl (C=O) groups excluding carboxylic acids is 1. The summed E-state index contributed by atoms with van der Waals surface area (Å²) in [6.07, 6.45) is 3.80. The molecule has 0 unspecified atom stereocenters. The van der Waals surface area contributed by atoms with Crippen molar-refractivity contribution >= 4 is 26.0 Å². The Morgan fingerprint density at radius 1 is 0.800 bits per heavy atom. The SMILES string of the molecule is CCCC[C@@H](CC)[C@H](C=O)CC(S(=O)(=O)c1ccccc1)S(=O)(=O)c1ccccc1. The summed E-state index contributed by atoms with van der Waals surface area (Å²) in [6.45, 7) is 3.99. The maximum absolute atomic E-state index is 13.4. The summed E-state index contributed by atoms with van der Waals surface area (Å²) in [4.78, 5) is 11.8. The molecule has 2 atom stereocenters. The third kappa shape index (κ3) is 5.58. The number of unbranched alkanes of at least 4 members (excludes halogenated alkanes) is 1. The minimum atomic E-state index is -4.22. The van der Waals surface area contributed by atoms with E-state index < -0.39 is 30.2 Å². The lowest BCUT2D eigenvalue weighted by Crippen LogP contribution is -2.35. The first-order valence-electron chi connectivity index (χ1n) is 10.3. The van der Waals surface area contributed by atoms with Crippen molar-refractivity contribution < 1.29 is 21.6 Å². The summed E-state index contributed by atoms with van der Waals surface area (Å²) in [5.74, 6) is -0.703. The summed E-state index contributed by atoms with van der Waals surface area (Å²) in [6, 6.07) is 15.2. The zero-order chi connectivity index (χ0) is 22.2. The maximum Gasteiger partial charge on any atom is 0.195 e. The molecule has 0 aliphatic heterocycles. The topological polar surface area (TPSA) is 85.3 Å². The van der Waals surface area contributed by atoms with Crippen LogP contribution in [0, 0.1) is 11.8 Å². The van der Waals surface area contributed by atoms with Crippen LogP contribution >= 0.6 is 0 Å². The lowest BCUT2D eigenvalue weighted by atomic mass is 9.85. The number of carbonyl (C=O) groups is 1. The van der Waals surface area contributed by atoms with Gasteiger partial charge in [-0.15, -0.1) is 0 Å². The van der Waals surface area contributed by atoms with Crippen LogP contribution in [0.1, 0.15) is 46.0 Å². The average Bonchev–Trinajstić information content (AvgIpc) is 2.77. The largest absolute Gasteiger partial charge is 0.303 e. The maximum atomic E-state index is 13.4. The van der Waals surface area contributed by atoms with Crippen LogP contribution in [-0.4, -0.2) is 27.7 Å². The van der Waals surface area contributed by atoms with Gasteiger partial charge in [-0.1, -0.05) is 69.5 Å². The van der Waals surface area contributed by atoms with E-state index in [0.29, 0.717) is 6.42 Å². The molecule has 30 heavy (non-hydrogen) atoms.